The van der Waals surface area contributed by atoms with Crippen LogP contribution in [0.3, 0.4) is 0 Å². The number of aromatic nitrogens is 2. The van der Waals surface area contributed by atoms with E-state index < -0.39 is 0 Å². The number of rotatable bonds is 4. The van der Waals surface area contributed by atoms with Gasteiger partial charge < -0.3 is 5.43 Å². The summed E-state index contributed by atoms with van der Waals surface area (Å²) in [5.74, 6) is 8.15. The fraction of sp³-hybridized carbons (Fsp3) is 0.636. The summed E-state index contributed by atoms with van der Waals surface area (Å²) in [5, 5.41) is 1.05. The van der Waals surface area contributed by atoms with Gasteiger partial charge in [-0.1, -0.05) is 12.8 Å². The number of nitrogens with two attached hydrogens (primary N) is 1. The SMILES string of the molecule is Cc1c(NN)ncnc1SCC1CCCC1. The lowest BCUT2D eigenvalue weighted by molar-refractivity contribution is 0.622. The molecule has 0 aromatic carbocycles. The normalized spacial score (nSPS) is 16.6. The van der Waals surface area contributed by atoms with Gasteiger partial charge in [-0.2, -0.15) is 0 Å². The van der Waals surface area contributed by atoms with E-state index in [1.165, 1.54) is 31.4 Å². The zero-order valence-corrected chi connectivity index (χ0v) is 10.4. The van der Waals surface area contributed by atoms with Gasteiger partial charge in [-0.05, 0) is 25.7 Å². The van der Waals surface area contributed by atoms with Crippen LogP contribution in [0.2, 0.25) is 0 Å². The summed E-state index contributed by atoms with van der Waals surface area (Å²) in [7, 11) is 0. The highest BCUT2D eigenvalue weighted by Crippen LogP contribution is 2.32. The van der Waals surface area contributed by atoms with Crippen molar-refractivity contribution in [2.45, 2.75) is 37.6 Å². The fourth-order valence-electron chi connectivity index (χ4n) is 2.10. The van der Waals surface area contributed by atoms with Crippen LogP contribution in [0.25, 0.3) is 0 Å². The molecule has 3 N–H and O–H groups in total. The summed E-state index contributed by atoms with van der Waals surface area (Å²) >= 11 is 1.83. The Kier molecular flexibility index (Phi) is 4.01. The Morgan fingerprint density at radius 1 is 1.44 bits per heavy atom. The van der Waals surface area contributed by atoms with Crippen molar-refractivity contribution in [2.75, 3.05) is 11.2 Å². The summed E-state index contributed by atoms with van der Waals surface area (Å²) in [6.07, 6.45) is 7.10. The van der Waals surface area contributed by atoms with E-state index in [0.29, 0.717) is 0 Å². The molecule has 0 spiro atoms. The highest BCUT2D eigenvalue weighted by molar-refractivity contribution is 7.99. The maximum Gasteiger partial charge on any atom is 0.147 e. The monoisotopic (exact) mass is 238 g/mol. The number of nitrogens with one attached hydrogen (secondary N) is 1. The number of hydrogen-bond donors (Lipinski definition) is 2. The Bertz CT molecular complexity index is 350. The van der Waals surface area contributed by atoms with Gasteiger partial charge in [-0.3, -0.25) is 0 Å². The smallest absolute Gasteiger partial charge is 0.147 e. The van der Waals surface area contributed by atoms with E-state index in [-0.39, 0.29) is 0 Å². The molecule has 0 aliphatic heterocycles. The van der Waals surface area contributed by atoms with Crippen LogP contribution in [-0.2, 0) is 0 Å². The van der Waals surface area contributed by atoms with Crippen molar-refractivity contribution in [3.05, 3.63) is 11.9 Å². The molecule has 1 aromatic heterocycles. The van der Waals surface area contributed by atoms with Crippen LogP contribution in [0.1, 0.15) is 31.2 Å². The summed E-state index contributed by atoms with van der Waals surface area (Å²) in [5.41, 5.74) is 3.65. The fourth-order valence-corrected chi connectivity index (χ4v) is 3.26. The summed E-state index contributed by atoms with van der Waals surface area (Å²) < 4.78 is 0. The molecule has 1 saturated carbocycles. The molecular formula is C11H18N4S. The topological polar surface area (TPSA) is 63.8 Å². The van der Waals surface area contributed by atoms with Gasteiger partial charge in [0.1, 0.15) is 17.2 Å². The second-order valence-electron chi connectivity index (χ2n) is 4.26. The van der Waals surface area contributed by atoms with Crippen molar-refractivity contribution in [2.24, 2.45) is 11.8 Å². The number of hydrogen-bond acceptors (Lipinski definition) is 5. The van der Waals surface area contributed by atoms with Crippen LogP contribution < -0.4 is 11.3 Å². The van der Waals surface area contributed by atoms with E-state index in [4.69, 9.17) is 5.84 Å². The van der Waals surface area contributed by atoms with Crippen LogP contribution >= 0.6 is 11.8 Å². The molecule has 1 fully saturated rings. The highest BCUT2D eigenvalue weighted by Gasteiger charge is 2.16. The lowest BCUT2D eigenvalue weighted by Gasteiger charge is -2.10. The van der Waals surface area contributed by atoms with E-state index in [0.717, 1.165) is 22.3 Å². The molecule has 5 heteroatoms. The van der Waals surface area contributed by atoms with Crippen molar-refractivity contribution in [1.82, 2.24) is 9.97 Å². The Balaban J connectivity index is 1.97. The average Bonchev–Trinajstić information content (AvgIpc) is 2.81. The first kappa shape index (κ1) is 11.7. The minimum atomic E-state index is 0.726. The molecule has 1 aromatic rings. The van der Waals surface area contributed by atoms with Crippen LogP contribution in [0.5, 0.6) is 0 Å². The lowest BCUT2D eigenvalue weighted by Crippen LogP contribution is -2.11. The molecule has 0 bridgehead atoms. The van der Waals surface area contributed by atoms with Gasteiger partial charge in [0, 0.05) is 11.3 Å². The van der Waals surface area contributed by atoms with E-state index in [1.54, 1.807) is 6.33 Å². The first-order valence-electron chi connectivity index (χ1n) is 5.72. The van der Waals surface area contributed by atoms with E-state index in [2.05, 4.69) is 15.4 Å². The van der Waals surface area contributed by atoms with Crippen molar-refractivity contribution in [1.29, 1.82) is 0 Å². The Morgan fingerprint density at radius 3 is 2.88 bits per heavy atom. The first-order valence-corrected chi connectivity index (χ1v) is 6.71. The van der Waals surface area contributed by atoms with Gasteiger partial charge in [0.15, 0.2) is 0 Å². The molecule has 4 nitrogen and oxygen atoms in total. The second kappa shape index (κ2) is 5.50. The van der Waals surface area contributed by atoms with Crippen molar-refractivity contribution >= 4 is 17.6 Å². The average molecular weight is 238 g/mol. The van der Waals surface area contributed by atoms with E-state index >= 15 is 0 Å². The predicted octanol–water partition coefficient (Wildman–Crippen LogP) is 2.35. The zero-order chi connectivity index (χ0) is 11.4. The number of thioether (sulfide) groups is 1. The Morgan fingerprint density at radius 2 is 2.19 bits per heavy atom. The number of anilines is 1. The van der Waals surface area contributed by atoms with Crippen molar-refractivity contribution in [3.8, 4) is 0 Å². The maximum atomic E-state index is 5.39. The van der Waals surface area contributed by atoms with Crippen LogP contribution in [0.4, 0.5) is 5.82 Å². The van der Waals surface area contributed by atoms with Gasteiger partial charge >= 0.3 is 0 Å². The minimum Gasteiger partial charge on any atom is -0.308 e. The minimum absolute atomic E-state index is 0.726. The quantitative estimate of drug-likeness (QED) is 0.365. The summed E-state index contributed by atoms with van der Waals surface area (Å²) in [6, 6.07) is 0. The predicted molar refractivity (Wildman–Crippen MR) is 67.3 cm³/mol. The molecular weight excluding hydrogens is 220 g/mol. The molecule has 0 saturated heterocycles. The summed E-state index contributed by atoms with van der Waals surface area (Å²) in [4.78, 5) is 8.38. The lowest BCUT2D eigenvalue weighted by atomic mass is 10.1. The Labute approximate surface area is 100 Å². The van der Waals surface area contributed by atoms with Gasteiger partial charge in [0.2, 0.25) is 0 Å². The molecule has 0 amide bonds. The maximum absolute atomic E-state index is 5.39. The van der Waals surface area contributed by atoms with Gasteiger partial charge in [-0.25, -0.2) is 15.8 Å². The third kappa shape index (κ3) is 2.65. The second-order valence-corrected chi connectivity index (χ2v) is 5.27. The molecule has 1 aliphatic carbocycles. The van der Waals surface area contributed by atoms with Crippen LogP contribution in [-0.4, -0.2) is 15.7 Å². The molecule has 2 rings (SSSR count). The Hall–Kier alpha value is -0.810. The number of nitrogen functional groups attached to an aromatic ring is 1. The van der Waals surface area contributed by atoms with Crippen LogP contribution in [0, 0.1) is 12.8 Å². The standard InChI is InChI=1S/C11H18N4S/c1-8-10(15-12)13-7-14-11(8)16-6-9-4-2-3-5-9/h7,9H,2-6,12H2,1H3,(H,13,14,15). The van der Waals surface area contributed by atoms with Gasteiger partial charge in [-0.15, -0.1) is 11.8 Å². The largest absolute Gasteiger partial charge is 0.308 e. The number of nitrogens with zero attached hydrogens (tertiary/aromatic N) is 2. The van der Waals surface area contributed by atoms with Gasteiger partial charge in [0.05, 0.1) is 0 Å². The summed E-state index contributed by atoms with van der Waals surface area (Å²) in [6.45, 7) is 2.01. The van der Waals surface area contributed by atoms with Crippen molar-refractivity contribution in [3.63, 3.8) is 0 Å². The number of hydrazine groups is 1. The third-order valence-corrected chi connectivity index (χ3v) is 4.43. The third-order valence-electron chi connectivity index (χ3n) is 3.11. The molecule has 16 heavy (non-hydrogen) atoms. The molecule has 0 unspecified atom stereocenters. The van der Waals surface area contributed by atoms with Crippen LogP contribution in [0.15, 0.2) is 11.4 Å². The van der Waals surface area contributed by atoms with Gasteiger partial charge in [0.25, 0.3) is 0 Å². The molecule has 0 atom stereocenters. The van der Waals surface area contributed by atoms with Crippen molar-refractivity contribution < 1.29 is 0 Å². The zero-order valence-electron chi connectivity index (χ0n) is 9.57. The molecule has 1 aliphatic rings. The molecule has 0 radical (unpaired) electrons. The first-order chi connectivity index (χ1) is 7.81. The highest BCUT2D eigenvalue weighted by atomic mass is 32.2. The van der Waals surface area contributed by atoms with E-state index in [1.807, 2.05) is 18.7 Å². The van der Waals surface area contributed by atoms with E-state index in [9.17, 15) is 0 Å². The molecule has 1 heterocycles. The molecule has 88 valence electrons.